The van der Waals surface area contributed by atoms with Gasteiger partial charge < -0.3 is 14.5 Å². The Balaban J connectivity index is 1.39. The van der Waals surface area contributed by atoms with Crippen LogP contribution >= 0.6 is 0 Å². The molecule has 1 atom stereocenters. The van der Waals surface area contributed by atoms with Crippen LogP contribution in [0.25, 0.3) is 10.9 Å². The maximum atomic E-state index is 13.2. The van der Waals surface area contributed by atoms with Gasteiger partial charge >= 0.3 is 0 Å². The number of benzene rings is 2. The zero-order valence-corrected chi connectivity index (χ0v) is 16.7. The number of nitrogens with zero attached hydrogens (tertiary/aromatic N) is 1. The molecule has 0 radical (unpaired) electrons. The third-order valence-corrected chi connectivity index (χ3v) is 6.04. The molecule has 2 aliphatic rings. The number of hydrogen-bond donors (Lipinski definition) is 1. The van der Waals surface area contributed by atoms with Gasteiger partial charge in [-0.25, -0.2) is 0 Å². The molecule has 5 rings (SSSR count). The number of para-hydroxylation sites is 1. The number of likely N-dealkylation sites (tertiary alicyclic amines) is 1. The number of hydrogen-bond acceptors (Lipinski definition) is 4. The molecule has 1 aromatic heterocycles. The highest BCUT2D eigenvalue weighted by molar-refractivity contribution is 6.10. The van der Waals surface area contributed by atoms with Crippen LogP contribution in [0, 0.1) is 6.92 Å². The van der Waals surface area contributed by atoms with Crippen LogP contribution < -0.4 is 9.47 Å². The third-order valence-electron chi connectivity index (χ3n) is 6.04. The molecular formula is C24H26N2O3. The van der Waals surface area contributed by atoms with Crippen LogP contribution in [-0.2, 0) is 0 Å². The number of aryl methyl sites for hydroxylation is 1. The van der Waals surface area contributed by atoms with Gasteiger partial charge in [0.1, 0.15) is 0 Å². The first-order valence-corrected chi connectivity index (χ1v) is 10.4. The van der Waals surface area contributed by atoms with Crippen molar-refractivity contribution in [1.29, 1.82) is 0 Å². The summed E-state index contributed by atoms with van der Waals surface area (Å²) in [4.78, 5) is 18.9. The number of carbonyl (C=O) groups is 1. The van der Waals surface area contributed by atoms with Crippen molar-refractivity contribution >= 4 is 16.7 Å². The monoisotopic (exact) mass is 390 g/mol. The Bertz CT molecular complexity index is 1060. The maximum Gasteiger partial charge on any atom is 0.179 e. The lowest BCUT2D eigenvalue weighted by atomic mass is 10.0. The molecule has 0 saturated carbocycles. The van der Waals surface area contributed by atoms with E-state index in [2.05, 4.69) is 22.0 Å². The number of aromatic amines is 1. The number of fused-ring (bicyclic) bond motifs is 2. The fourth-order valence-electron chi connectivity index (χ4n) is 4.68. The molecule has 5 heteroatoms. The molecule has 150 valence electrons. The van der Waals surface area contributed by atoms with Gasteiger partial charge in [-0.05, 0) is 50.1 Å². The Morgan fingerprint density at radius 2 is 1.93 bits per heavy atom. The topological polar surface area (TPSA) is 54.6 Å². The summed E-state index contributed by atoms with van der Waals surface area (Å²) in [5.74, 6) is 1.83. The molecule has 0 aliphatic carbocycles. The molecule has 0 amide bonds. The summed E-state index contributed by atoms with van der Waals surface area (Å²) >= 11 is 0. The van der Waals surface area contributed by atoms with Gasteiger partial charge in [-0.2, -0.15) is 0 Å². The van der Waals surface area contributed by atoms with Crippen molar-refractivity contribution in [3.63, 3.8) is 0 Å². The summed E-state index contributed by atoms with van der Waals surface area (Å²) in [6, 6.07) is 14.5. The Labute approximate surface area is 170 Å². The highest BCUT2D eigenvalue weighted by Crippen LogP contribution is 2.38. The summed E-state index contributed by atoms with van der Waals surface area (Å²) in [7, 11) is 0. The number of aromatic nitrogens is 1. The standard InChI is InChI=1S/C24H26N2O3/c1-16-24(18-6-2-3-7-19(18)25-16)21(27)15-26-11-4-8-20(26)17-9-10-22-23(14-17)29-13-5-12-28-22/h2-3,6-7,9-10,14,20,25H,4-5,8,11-13,15H2,1H3/t20-/m0/s1. The average Bonchev–Trinajstić information content (AvgIpc) is 3.23. The lowest BCUT2D eigenvalue weighted by Gasteiger charge is -2.25. The Hall–Kier alpha value is -2.79. The largest absolute Gasteiger partial charge is 0.490 e. The summed E-state index contributed by atoms with van der Waals surface area (Å²) in [6.45, 7) is 4.73. The van der Waals surface area contributed by atoms with Crippen molar-refractivity contribution in [3.8, 4) is 11.5 Å². The van der Waals surface area contributed by atoms with E-state index in [0.717, 1.165) is 59.5 Å². The number of ether oxygens (including phenoxy) is 2. The molecule has 0 bridgehead atoms. The summed E-state index contributed by atoms with van der Waals surface area (Å²) in [5, 5.41) is 1.02. The van der Waals surface area contributed by atoms with Crippen molar-refractivity contribution in [1.82, 2.24) is 9.88 Å². The lowest BCUT2D eigenvalue weighted by Crippen LogP contribution is -2.29. The summed E-state index contributed by atoms with van der Waals surface area (Å²) in [5.41, 5.74) is 4.00. The Morgan fingerprint density at radius 3 is 2.83 bits per heavy atom. The van der Waals surface area contributed by atoms with Gasteiger partial charge in [-0.3, -0.25) is 9.69 Å². The fourth-order valence-corrected chi connectivity index (χ4v) is 4.68. The van der Waals surface area contributed by atoms with Crippen LogP contribution in [-0.4, -0.2) is 42.0 Å². The molecule has 1 saturated heterocycles. The van der Waals surface area contributed by atoms with Gasteiger partial charge in [0.15, 0.2) is 17.3 Å². The molecule has 1 N–H and O–H groups in total. The maximum absolute atomic E-state index is 13.2. The number of rotatable bonds is 4. The van der Waals surface area contributed by atoms with Gasteiger partial charge in [-0.1, -0.05) is 24.3 Å². The normalized spacial score (nSPS) is 19.4. The molecule has 1 fully saturated rings. The van der Waals surface area contributed by atoms with Crippen molar-refractivity contribution in [2.24, 2.45) is 0 Å². The number of ketones is 1. The van der Waals surface area contributed by atoms with Gasteiger partial charge in [0, 0.05) is 34.6 Å². The predicted molar refractivity (Wildman–Crippen MR) is 113 cm³/mol. The van der Waals surface area contributed by atoms with E-state index in [0.29, 0.717) is 19.8 Å². The van der Waals surface area contributed by atoms with Crippen LogP contribution in [0.5, 0.6) is 11.5 Å². The van der Waals surface area contributed by atoms with Crippen LogP contribution in [0.3, 0.4) is 0 Å². The first-order valence-electron chi connectivity index (χ1n) is 10.4. The Kier molecular flexibility index (Phi) is 4.76. The second-order valence-electron chi connectivity index (χ2n) is 7.98. The summed E-state index contributed by atoms with van der Waals surface area (Å²) in [6.07, 6.45) is 3.05. The smallest absolute Gasteiger partial charge is 0.179 e. The lowest BCUT2D eigenvalue weighted by molar-refractivity contribution is 0.0922. The van der Waals surface area contributed by atoms with Gasteiger partial charge in [0.2, 0.25) is 0 Å². The molecule has 0 unspecified atom stereocenters. The van der Waals surface area contributed by atoms with E-state index in [-0.39, 0.29) is 11.8 Å². The average molecular weight is 390 g/mol. The van der Waals surface area contributed by atoms with E-state index >= 15 is 0 Å². The first kappa shape index (κ1) is 18.3. The van der Waals surface area contributed by atoms with E-state index in [9.17, 15) is 4.79 Å². The molecule has 5 nitrogen and oxygen atoms in total. The summed E-state index contributed by atoms with van der Waals surface area (Å²) < 4.78 is 11.6. The number of nitrogens with one attached hydrogen (secondary N) is 1. The third kappa shape index (κ3) is 3.40. The predicted octanol–water partition coefficient (Wildman–Crippen LogP) is 4.66. The molecule has 2 aliphatic heterocycles. The Morgan fingerprint density at radius 1 is 1.10 bits per heavy atom. The van der Waals surface area contributed by atoms with E-state index in [1.807, 2.05) is 37.3 Å². The molecular weight excluding hydrogens is 364 g/mol. The van der Waals surface area contributed by atoms with E-state index in [4.69, 9.17) is 9.47 Å². The first-order chi connectivity index (χ1) is 14.2. The molecule has 3 aromatic rings. The minimum absolute atomic E-state index is 0.182. The SMILES string of the molecule is Cc1[nH]c2ccccc2c1C(=O)CN1CCC[C@H]1c1ccc2c(c1)OCCCO2. The molecule has 2 aromatic carbocycles. The second kappa shape index (κ2) is 7.56. The number of H-pyrrole nitrogens is 1. The zero-order chi connectivity index (χ0) is 19.8. The molecule has 0 spiro atoms. The highest BCUT2D eigenvalue weighted by atomic mass is 16.5. The second-order valence-corrected chi connectivity index (χ2v) is 7.98. The van der Waals surface area contributed by atoms with Crippen molar-refractivity contribution in [3.05, 3.63) is 59.3 Å². The fraction of sp³-hybridized carbons (Fsp3) is 0.375. The van der Waals surface area contributed by atoms with Crippen LogP contribution in [0.4, 0.5) is 0 Å². The molecule has 29 heavy (non-hydrogen) atoms. The zero-order valence-electron chi connectivity index (χ0n) is 16.7. The van der Waals surface area contributed by atoms with Crippen molar-refractivity contribution in [2.75, 3.05) is 26.3 Å². The van der Waals surface area contributed by atoms with E-state index in [1.54, 1.807) is 0 Å². The van der Waals surface area contributed by atoms with E-state index < -0.39 is 0 Å². The quantitative estimate of drug-likeness (QED) is 0.659. The van der Waals surface area contributed by atoms with Crippen molar-refractivity contribution < 1.29 is 14.3 Å². The van der Waals surface area contributed by atoms with Gasteiger partial charge in [0.25, 0.3) is 0 Å². The van der Waals surface area contributed by atoms with Crippen LogP contribution in [0.1, 0.15) is 46.9 Å². The minimum Gasteiger partial charge on any atom is -0.490 e. The van der Waals surface area contributed by atoms with Crippen LogP contribution in [0.15, 0.2) is 42.5 Å². The minimum atomic E-state index is 0.182. The molecule has 3 heterocycles. The highest BCUT2D eigenvalue weighted by Gasteiger charge is 2.30. The van der Waals surface area contributed by atoms with Crippen molar-refractivity contribution in [2.45, 2.75) is 32.2 Å². The van der Waals surface area contributed by atoms with Gasteiger partial charge in [-0.15, -0.1) is 0 Å². The van der Waals surface area contributed by atoms with Crippen LogP contribution in [0.2, 0.25) is 0 Å². The number of Topliss-reactive ketones (excluding diaryl/α,β-unsaturated/α-hetero) is 1. The number of carbonyl (C=O) groups excluding carboxylic acids is 1. The van der Waals surface area contributed by atoms with E-state index in [1.165, 1.54) is 5.56 Å². The van der Waals surface area contributed by atoms with Gasteiger partial charge in [0.05, 0.1) is 19.8 Å².